The molecule has 0 fully saturated rings. The molecule has 0 bridgehead atoms. The normalized spacial score (nSPS) is 11.8. The number of benzene rings is 6. The maximum absolute atomic E-state index is 12.8. The molecule has 2 aromatic heterocycles. The van der Waals surface area contributed by atoms with E-state index in [0.717, 1.165) is 5.56 Å². The van der Waals surface area contributed by atoms with Gasteiger partial charge >= 0.3 is 0 Å². The van der Waals surface area contributed by atoms with Crippen LogP contribution >= 0.6 is 34.8 Å². The molecule has 0 saturated carbocycles. The van der Waals surface area contributed by atoms with Gasteiger partial charge in [0, 0.05) is 39.3 Å². The quantitative estimate of drug-likeness (QED) is 0.0750. The molecule has 5 N–H and O–H groups in total. The Morgan fingerprint density at radius 2 is 1.06 bits per heavy atom. The summed E-state index contributed by atoms with van der Waals surface area (Å²) in [7, 11) is 1.43. The molecule has 2 amide bonds. The number of pyridine rings is 2. The number of carbonyl (C=O) groups is 2. The molecule has 2 heterocycles. The average Bonchev–Trinajstić information content (AvgIpc) is 3.32. The number of carbonyl (C=O) groups excluding carboxylic acids is 2. The number of rotatable bonds is 13. The van der Waals surface area contributed by atoms with Gasteiger partial charge in [-0.05, 0) is 96.1 Å². The lowest BCUT2D eigenvalue weighted by molar-refractivity contribution is -0.124. The monoisotopic (exact) mass is 916 g/mol. The van der Waals surface area contributed by atoms with E-state index in [2.05, 4.69) is 20.6 Å². The fourth-order valence-corrected chi connectivity index (χ4v) is 7.47. The fourth-order valence-electron chi connectivity index (χ4n) is 6.80. The molecule has 2 atom stereocenters. The number of hydrogen-bond donors (Lipinski definition) is 5. The minimum Gasteiger partial charge on any atom is -0.505 e. The van der Waals surface area contributed by atoms with E-state index in [0.29, 0.717) is 65.1 Å². The van der Waals surface area contributed by atoms with Crippen molar-refractivity contribution in [3.05, 3.63) is 189 Å². The first-order valence-electron chi connectivity index (χ1n) is 19.6. The van der Waals surface area contributed by atoms with E-state index in [1.54, 1.807) is 109 Å². The van der Waals surface area contributed by atoms with Crippen molar-refractivity contribution in [1.29, 1.82) is 0 Å². The van der Waals surface area contributed by atoms with Crippen molar-refractivity contribution >= 4 is 68.4 Å². The number of hydrogen-bond acceptors (Lipinski definition) is 10. The topological polar surface area (TPSA) is 172 Å². The standard InChI is InChI=1S/C25H21ClN2O5.C24H18Cl2N2O3/c1-32-21-12-15(9-10-20(21)29)23(28-22(30)14-33-16-6-3-2-4-7-16)18-13-19(26)17-8-5-11-27-24(17)25(18)31;25-16-8-10-17(11-9-16)31-14-21(29)28-22(15-5-2-1-3-6-15)19-13-20(26)18-7-4-12-27-23(18)24(19)30/h2-13,23,29,31H,14H2,1H3,(H,28,30);1-13,22,30H,14H2,(H,28,29). The summed E-state index contributed by atoms with van der Waals surface area (Å²) in [4.78, 5) is 34.0. The molecule has 0 radical (unpaired) electrons. The second kappa shape index (κ2) is 20.7. The van der Waals surface area contributed by atoms with E-state index in [4.69, 9.17) is 49.0 Å². The highest BCUT2D eigenvalue weighted by Gasteiger charge is 2.26. The molecule has 8 aromatic rings. The second-order valence-electron chi connectivity index (χ2n) is 14.1. The maximum atomic E-state index is 12.8. The summed E-state index contributed by atoms with van der Waals surface area (Å²) in [5.74, 6) is 0.308. The van der Waals surface area contributed by atoms with Crippen LogP contribution in [0.3, 0.4) is 0 Å². The molecule has 15 heteroatoms. The number of nitrogens with one attached hydrogen (secondary N) is 2. The molecule has 324 valence electrons. The zero-order chi connectivity index (χ0) is 45.2. The number of para-hydroxylation sites is 1. The van der Waals surface area contributed by atoms with Gasteiger partial charge in [0.15, 0.2) is 24.7 Å². The molecule has 0 saturated heterocycles. The van der Waals surface area contributed by atoms with Crippen LogP contribution in [0.1, 0.15) is 34.3 Å². The van der Waals surface area contributed by atoms with Crippen molar-refractivity contribution in [3.8, 4) is 34.5 Å². The summed E-state index contributed by atoms with van der Waals surface area (Å²) in [6.45, 7) is -0.443. The van der Waals surface area contributed by atoms with Crippen molar-refractivity contribution < 1.29 is 39.1 Å². The van der Waals surface area contributed by atoms with Crippen LogP contribution in [0.15, 0.2) is 152 Å². The van der Waals surface area contributed by atoms with Gasteiger partial charge in [-0.15, -0.1) is 0 Å². The average molecular weight is 918 g/mol. The van der Waals surface area contributed by atoms with Gasteiger partial charge in [-0.3, -0.25) is 19.6 Å². The first-order valence-corrected chi connectivity index (χ1v) is 20.7. The van der Waals surface area contributed by atoms with Gasteiger partial charge in [0.25, 0.3) is 11.8 Å². The third kappa shape index (κ3) is 10.7. The van der Waals surface area contributed by atoms with E-state index in [1.807, 2.05) is 36.4 Å². The molecule has 0 spiro atoms. The molecule has 6 aromatic carbocycles. The molecule has 0 aliphatic rings. The minimum absolute atomic E-state index is 0.0345. The Hall–Kier alpha value is -7.25. The van der Waals surface area contributed by atoms with Crippen LogP contribution in [0.5, 0.6) is 34.5 Å². The summed E-state index contributed by atoms with van der Waals surface area (Å²) >= 11 is 18.8. The molecule has 0 aliphatic carbocycles. The number of methoxy groups -OCH3 is 1. The zero-order valence-corrected chi connectivity index (χ0v) is 36.2. The Bertz CT molecular complexity index is 2910. The number of halogens is 3. The third-order valence-corrected chi connectivity index (χ3v) is 10.8. The largest absolute Gasteiger partial charge is 0.505 e. The molecule has 8 rings (SSSR count). The molecule has 64 heavy (non-hydrogen) atoms. The number of aromatic hydroxyl groups is 3. The van der Waals surface area contributed by atoms with Gasteiger partial charge < -0.3 is 40.2 Å². The van der Waals surface area contributed by atoms with Gasteiger partial charge in [-0.2, -0.15) is 0 Å². The molecular weight excluding hydrogens is 879 g/mol. The van der Waals surface area contributed by atoms with Crippen LogP contribution < -0.4 is 24.8 Å². The van der Waals surface area contributed by atoms with Gasteiger partial charge in [0.1, 0.15) is 34.0 Å². The van der Waals surface area contributed by atoms with Crippen molar-refractivity contribution in [2.24, 2.45) is 0 Å². The predicted molar refractivity (Wildman–Crippen MR) is 247 cm³/mol. The van der Waals surface area contributed by atoms with Crippen LogP contribution in [0.4, 0.5) is 0 Å². The Labute approximate surface area is 382 Å². The lowest BCUT2D eigenvalue weighted by Crippen LogP contribution is -2.33. The summed E-state index contributed by atoms with van der Waals surface area (Å²) in [5.41, 5.74) is 2.81. The summed E-state index contributed by atoms with van der Waals surface area (Å²) < 4.78 is 16.3. The van der Waals surface area contributed by atoms with Crippen molar-refractivity contribution in [3.63, 3.8) is 0 Å². The Kier molecular flexibility index (Phi) is 14.5. The minimum atomic E-state index is -0.824. The first kappa shape index (κ1) is 44.8. The lowest BCUT2D eigenvalue weighted by Gasteiger charge is -2.22. The van der Waals surface area contributed by atoms with Crippen LogP contribution in [0.25, 0.3) is 21.8 Å². The summed E-state index contributed by atoms with van der Waals surface area (Å²) in [6, 6.07) is 38.4. The number of ether oxygens (including phenoxy) is 3. The summed E-state index contributed by atoms with van der Waals surface area (Å²) in [5, 5.41) is 40.4. The van der Waals surface area contributed by atoms with Crippen molar-refractivity contribution in [2.75, 3.05) is 20.3 Å². The molecule has 12 nitrogen and oxygen atoms in total. The fraction of sp³-hybridized carbons (Fsp3) is 0.102. The van der Waals surface area contributed by atoms with Crippen molar-refractivity contribution in [2.45, 2.75) is 12.1 Å². The van der Waals surface area contributed by atoms with E-state index in [1.165, 1.54) is 13.2 Å². The number of phenols is 3. The van der Waals surface area contributed by atoms with Crippen LogP contribution in [0.2, 0.25) is 15.1 Å². The highest BCUT2D eigenvalue weighted by molar-refractivity contribution is 6.36. The van der Waals surface area contributed by atoms with E-state index in [9.17, 15) is 24.9 Å². The first-order chi connectivity index (χ1) is 31.0. The third-order valence-electron chi connectivity index (χ3n) is 9.89. The number of amides is 2. The van der Waals surface area contributed by atoms with Gasteiger partial charge in [0.2, 0.25) is 0 Å². The van der Waals surface area contributed by atoms with Gasteiger partial charge in [0.05, 0.1) is 29.2 Å². The molecule has 2 unspecified atom stereocenters. The highest BCUT2D eigenvalue weighted by Crippen LogP contribution is 2.41. The van der Waals surface area contributed by atoms with Crippen LogP contribution in [-0.2, 0) is 9.59 Å². The van der Waals surface area contributed by atoms with Crippen LogP contribution in [0, 0.1) is 0 Å². The maximum Gasteiger partial charge on any atom is 0.258 e. The Morgan fingerprint density at radius 3 is 1.58 bits per heavy atom. The van der Waals surface area contributed by atoms with Crippen LogP contribution in [-0.4, -0.2) is 57.4 Å². The van der Waals surface area contributed by atoms with E-state index < -0.39 is 18.0 Å². The van der Waals surface area contributed by atoms with Gasteiger partial charge in [-0.25, -0.2) is 0 Å². The number of aromatic nitrogens is 2. The SMILES string of the molecule is COc1cc(C(NC(=O)COc2ccccc2)c2cc(Cl)c3cccnc3c2O)ccc1O.O=C(COc1ccc(Cl)cc1)NC(c1ccccc1)c1cc(Cl)c2cccnc2c1O. The second-order valence-corrected chi connectivity index (χ2v) is 15.3. The smallest absolute Gasteiger partial charge is 0.258 e. The Morgan fingerprint density at radius 1 is 0.578 bits per heavy atom. The highest BCUT2D eigenvalue weighted by atomic mass is 35.5. The molecular formula is C49H39Cl3N4O8. The predicted octanol–water partition coefficient (Wildman–Crippen LogP) is 10.1. The van der Waals surface area contributed by atoms with Crippen molar-refractivity contribution in [1.82, 2.24) is 20.6 Å². The van der Waals surface area contributed by atoms with Gasteiger partial charge in [-0.1, -0.05) is 89.4 Å². The summed E-state index contributed by atoms with van der Waals surface area (Å²) in [6.07, 6.45) is 3.13. The zero-order valence-electron chi connectivity index (χ0n) is 33.9. The number of fused-ring (bicyclic) bond motifs is 2. The number of phenolic OH excluding ortho intramolecular Hbond substituents is 3. The number of nitrogens with zero attached hydrogens (tertiary/aromatic N) is 2. The lowest BCUT2D eigenvalue weighted by atomic mass is 9.95. The Balaban J connectivity index is 0.000000192. The van der Waals surface area contributed by atoms with E-state index in [-0.39, 0.29) is 42.1 Å². The van der Waals surface area contributed by atoms with E-state index >= 15 is 0 Å². The molecule has 0 aliphatic heterocycles.